The highest BCUT2D eigenvalue weighted by molar-refractivity contribution is 6.09. The van der Waals surface area contributed by atoms with Gasteiger partial charge in [-0.15, -0.1) is 0 Å². The van der Waals surface area contributed by atoms with E-state index < -0.39 is 5.54 Å². The molecule has 1 atom stereocenters. The second-order valence-electron chi connectivity index (χ2n) is 9.50. The van der Waals surface area contributed by atoms with Crippen molar-refractivity contribution in [1.29, 1.82) is 0 Å². The summed E-state index contributed by atoms with van der Waals surface area (Å²) in [5.41, 5.74) is 1.19. The number of imide groups is 1. The lowest BCUT2D eigenvalue weighted by Crippen LogP contribution is -2.45. The lowest BCUT2D eigenvalue weighted by molar-refractivity contribution is -0.130. The molecule has 7 heteroatoms. The first-order valence-corrected chi connectivity index (χ1v) is 12.5. The molecule has 0 bridgehead atoms. The molecule has 186 valence electrons. The summed E-state index contributed by atoms with van der Waals surface area (Å²) in [5.74, 6) is -0.244. The Morgan fingerprint density at radius 3 is 2.03 bits per heavy atom. The minimum Gasteiger partial charge on any atom is -0.373 e. The number of nitrogens with one attached hydrogen (secondary N) is 1. The Morgan fingerprint density at radius 2 is 1.42 bits per heavy atom. The number of carbonyl (C=O) groups excluding carboxylic acids is 2. The normalized spacial score (nSPS) is 22.0. The zero-order valence-electron chi connectivity index (χ0n) is 20.6. The summed E-state index contributed by atoms with van der Waals surface area (Å²) in [5, 5.41) is 3.00. The maximum absolute atomic E-state index is 13.8. The van der Waals surface area contributed by atoms with Crippen molar-refractivity contribution in [3.8, 4) is 0 Å². The predicted octanol–water partition coefficient (Wildman–Crippen LogP) is 3.90. The molecule has 3 heterocycles. The first kappa shape index (κ1) is 24.2. The largest absolute Gasteiger partial charge is 0.373 e. The van der Waals surface area contributed by atoms with Crippen LogP contribution in [-0.2, 0) is 20.7 Å². The van der Waals surface area contributed by atoms with Crippen LogP contribution in [0.2, 0.25) is 0 Å². The molecule has 0 radical (unpaired) electrons. The highest BCUT2D eigenvalue weighted by Crippen LogP contribution is 2.37. The van der Waals surface area contributed by atoms with Crippen molar-refractivity contribution >= 4 is 11.9 Å². The Bertz CT molecular complexity index is 1140. The number of hydrogen-bond acceptors (Lipinski definition) is 5. The Morgan fingerprint density at radius 1 is 0.833 bits per heavy atom. The van der Waals surface area contributed by atoms with Crippen molar-refractivity contribution < 1.29 is 14.3 Å². The van der Waals surface area contributed by atoms with Gasteiger partial charge >= 0.3 is 6.03 Å². The molecule has 1 N–H and O–H groups in total. The summed E-state index contributed by atoms with van der Waals surface area (Å²) in [4.78, 5) is 34.7. The fourth-order valence-corrected chi connectivity index (χ4v) is 5.57. The van der Waals surface area contributed by atoms with Crippen molar-refractivity contribution in [2.45, 2.75) is 30.4 Å². The number of piperidine rings is 1. The van der Waals surface area contributed by atoms with Gasteiger partial charge in [0.2, 0.25) is 0 Å². The highest BCUT2D eigenvalue weighted by Gasteiger charge is 2.53. The summed E-state index contributed by atoms with van der Waals surface area (Å²) < 4.78 is 6.00. The van der Waals surface area contributed by atoms with E-state index in [2.05, 4.69) is 39.5 Å². The third-order valence-electron chi connectivity index (χ3n) is 7.64. The molecule has 7 nitrogen and oxygen atoms in total. The van der Waals surface area contributed by atoms with Crippen molar-refractivity contribution in [2.24, 2.45) is 0 Å². The fraction of sp³-hybridized carbons (Fsp3) is 0.345. The molecule has 3 amide bonds. The average molecular weight is 485 g/mol. The highest BCUT2D eigenvalue weighted by atomic mass is 16.5. The van der Waals surface area contributed by atoms with Gasteiger partial charge in [-0.1, -0.05) is 60.7 Å². The van der Waals surface area contributed by atoms with Gasteiger partial charge in [0, 0.05) is 39.1 Å². The molecule has 5 rings (SSSR count). The zero-order chi connectivity index (χ0) is 25.0. The van der Waals surface area contributed by atoms with Crippen LogP contribution in [0.15, 0.2) is 85.2 Å². The van der Waals surface area contributed by atoms with E-state index in [0.29, 0.717) is 18.5 Å². The number of likely N-dealkylation sites (tertiary alicyclic amines) is 1. The lowest BCUT2D eigenvalue weighted by atomic mass is 9.83. The first-order valence-electron chi connectivity index (χ1n) is 12.5. The van der Waals surface area contributed by atoms with Crippen LogP contribution in [0.3, 0.4) is 0 Å². The van der Waals surface area contributed by atoms with Crippen LogP contribution in [-0.4, -0.2) is 60.0 Å². The summed E-state index contributed by atoms with van der Waals surface area (Å²) >= 11 is 0. The molecular weight excluding hydrogens is 452 g/mol. The van der Waals surface area contributed by atoms with Gasteiger partial charge in [0.05, 0.1) is 5.60 Å². The topological polar surface area (TPSA) is 74.8 Å². The third-order valence-corrected chi connectivity index (χ3v) is 7.64. The quantitative estimate of drug-likeness (QED) is 0.491. The number of amides is 3. The van der Waals surface area contributed by atoms with Gasteiger partial charge in [0.25, 0.3) is 5.91 Å². The molecule has 2 fully saturated rings. The van der Waals surface area contributed by atoms with Crippen LogP contribution in [0.5, 0.6) is 0 Å². The Hall–Kier alpha value is -3.55. The number of ether oxygens (including phenoxy) is 1. The summed E-state index contributed by atoms with van der Waals surface area (Å²) in [7, 11) is 1.79. The molecule has 2 aliphatic heterocycles. The number of pyridine rings is 1. The number of urea groups is 1. The Kier molecular flexibility index (Phi) is 6.85. The van der Waals surface area contributed by atoms with Crippen LogP contribution in [0, 0.1) is 0 Å². The molecule has 2 aliphatic rings. The molecule has 36 heavy (non-hydrogen) atoms. The number of nitrogens with zero attached hydrogens (tertiary/aromatic N) is 3. The van der Waals surface area contributed by atoms with Gasteiger partial charge in [-0.2, -0.15) is 0 Å². The Labute approximate surface area is 212 Å². The lowest BCUT2D eigenvalue weighted by Gasteiger charge is -2.41. The minimum atomic E-state index is -1.24. The Balaban J connectivity index is 1.24. The fourth-order valence-electron chi connectivity index (χ4n) is 5.57. The van der Waals surface area contributed by atoms with Crippen LogP contribution in [0.4, 0.5) is 4.79 Å². The van der Waals surface area contributed by atoms with Crippen LogP contribution >= 0.6 is 0 Å². The summed E-state index contributed by atoms with van der Waals surface area (Å²) in [6, 6.07) is 23.1. The van der Waals surface area contributed by atoms with Gasteiger partial charge in [0.1, 0.15) is 0 Å². The average Bonchev–Trinajstić information content (AvgIpc) is 3.21. The van der Waals surface area contributed by atoms with Gasteiger partial charge < -0.3 is 15.0 Å². The SMILES string of the molecule is COC1(c2ccccc2)CCN(CCCN2C(=O)NC(c3ccccc3)(c3ccncc3)C2=O)CC1. The molecule has 2 saturated heterocycles. The number of benzene rings is 2. The number of hydrogen-bond donors (Lipinski definition) is 1. The van der Waals surface area contributed by atoms with E-state index in [4.69, 9.17) is 4.74 Å². The van der Waals surface area contributed by atoms with Gasteiger partial charge in [-0.3, -0.25) is 14.7 Å². The minimum absolute atomic E-state index is 0.244. The predicted molar refractivity (Wildman–Crippen MR) is 137 cm³/mol. The second-order valence-corrected chi connectivity index (χ2v) is 9.50. The molecular formula is C29H32N4O3. The molecule has 1 unspecified atom stereocenters. The molecule has 0 saturated carbocycles. The van der Waals surface area contributed by atoms with Crippen LogP contribution < -0.4 is 5.32 Å². The standard InChI is InChI=1S/C29H32N4O3/c1-36-28(23-9-4-2-5-10-23)15-21-32(22-16-28)19-8-20-33-26(34)29(31-27(33)35,24-11-6-3-7-12-24)25-13-17-30-18-14-25/h2-7,9-14,17-18H,8,15-16,19-22H2,1H3,(H,31,35). The maximum atomic E-state index is 13.8. The third kappa shape index (κ3) is 4.29. The number of carbonyl (C=O) groups is 2. The van der Waals surface area contributed by atoms with Gasteiger partial charge in [0.15, 0.2) is 5.54 Å². The number of aromatic nitrogens is 1. The van der Waals surface area contributed by atoms with E-state index in [1.54, 1.807) is 31.6 Å². The van der Waals surface area contributed by atoms with Crippen LogP contribution in [0.1, 0.15) is 36.0 Å². The molecule has 2 aromatic carbocycles. The van der Waals surface area contributed by atoms with Crippen molar-refractivity contribution in [2.75, 3.05) is 33.3 Å². The number of methoxy groups -OCH3 is 1. The van der Waals surface area contributed by atoms with E-state index in [9.17, 15) is 9.59 Å². The monoisotopic (exact) mass is 484 g/mol. The van der Waals surface area contributed by atoms with E-state index in [-0.39, 0.29) is 17.5 Å². The smallest absolute Gasteiger partial charge is 0.325 e. The molecule has 0 spiro atoms. The molecule has 3 aromatic rings. The van der Waals surface area contributed by atoms with Gasteiger partial charge in [-0.25, -0.2) is 4.79 Å². The van der Waals surface area contributed by atoms with Crippen molar-refractivity contribution in [3.63, 3.8) is 0 Å². The van der Waals surface area contributed by atoms with Crippen LogP contribution in [0.25, 0.3) is 0 Å². The van der Waals surface area contributed by atoms with Crippen molar-refractivity contribution in [3.05, 3.63) is 102 Å². The van der Waals surface area contributed by atoms with E-state index in [1.807, 2.05) is 36.4 Å². The molecule has 1 aromatic heterocycles. The second kappa shape index (κ2) is 10.2. The zero-order valence-corrected chi connectivity index (χ0v) is 20.6. The van der Waals surface area contributed by atoms with E-state index in [0.717, 1.165) is 38.0 Å². The van der Waals surface area contributed by atoms with Crippen molar-refractivity contribution in [1.82, 2.24) is 20.1 Å². The van der Waals surface area contributed by atoms with E-state index >= 15 is 0 Å². The van der Waals surface area contributed by atoms with Gasteiger partial charge in [-0.05, 0) is 54.6 Å². The first-order chi connectivity index (χ1) is 17.6. The molecule has 0 aliphatic carbocycles. The summed E-state index contributed by atoms with van der Waals surface area (Å²) in [6.45, 7) is 3.01. The maximum Gasteiger partial charge on any atom is 0.325 e. The number of rotatable bonds is 8. The van der Waals surface area contributed by atoms with E-state index in [1.165, 1.54) is 10.5 Å². The summed E-state index contributed by atoms with van der Waals surface area (Å²) in [6.07, 6.45) is 5.83.